The average molecular weight is 647 g/mol. The Kier molecular flexibility index (Phi) is 12.6. The van der Waals surface area contributed by atoms with Crippen molar-refractivity contribution in [2.24, 2.45) is 0 Å². The number of esters is 1. The molecule has 1 fully saturated rings. The second kappa shape index (κ2) is 17.2. The van der Waals surface area contributed by atoms with Crippen LogP contribution in [0.1, 0.15) is 29.2 Å². The van der Waals surface area contributed by atoms with Crippen molar-refractivity contribution in [2.75, 3.05) is 13.2 Å². The smallest absolute Gasteiger partial charge is 0.379 e. The molecule has 1 aliphatic rings. The van der Waals surface area contributed by atoms with Gasteiger partial charge in [0.2, 0.25) is 0 Å². The molecule has 7 nitrogen and oxygen atoms in total. The number of benzene rings is 4. The largest absolute Gasteiger partial charge is 0.461 e. The number of carbonyl (C=O) groups is 1. The molecule has 9 heteroatoms. The Labute approximate surface area is 274 Å². The summed E-state index contributed by atoms with van der Waals surface area (Å²) in [5.74, 6) is -5.78. The van der Waals surface area contributed by atoms with Crippen LogP contribution in [0.3, 0.4) is 0 Å². The molecule has 1 aliphatic heterocycles. The molecule has 5 rings (SSSR count). The van der Waals surface area contributed by atoms with Gasteiger partial charge in [-0.3, -0.25) is 0 Å². The first-order valence-electron chi connectivity index (χ1n) is 15.7. The summed E-state index contributed by atoms with van der Waals surface area (Å²) in [5, 5.41) is 0. The Morgan fingerprint density at radius 1 is 0.617 bits per heavy atom. The van der Waals surface area contributed by atoms with Crippen molar-refractivity contribution in [1.29, 1.82) is 0 Å². The van der Waals surface area contributed by atoms with E-state index in [4.69, 9.17) is 28.4 Å². The molecule has 248 valence electrons. The third kappa shape index (κ3) is 9.53. The Morgan fingerprint density at radius 2 is 1.02 bits per heavy atom. The minimum atomic E-state index is -4.08. The van der Waals surface area contributed by atoms with E-state index >= 15 is 8.78 Å². The fourth-order valence-corrected chi connectivity index (χ4v) is 5.42. The summed E-state index contributed by atoms with van der Waals surface area (Å²) < 4.78 is 68.4. The number of rotatable bonds is 16. The number of carbonyl (C=O) groups excluding carboxylic acids is 1. The van der Waals surface area contributed by atoms with Crippen LogP contribution in [0.25, 0.3) is 0 Å². The van der Waals surface area contributed by atoms with Crippen LogP contribution >= 0.6 is 0 Å². The van der Waals surface area contributed by atoms with Crippen LogP contribution in [0.5, 0.6) is 0 Å². The fourth-order valence-electron chi connectivity index (χ4n) is 5.42. The third-order valence-electron chi connectivity index (χ3n) is 7.79. The van der Waals surface area contributed by atoms with Gasteiger partial charge in [0.15, 0.2) is 6.10 Å². The van der Waals surface area contributed by atoms with E-state index in [-0.39, 0.29) is 39.6 Å². The van der Waals surface area contributed by atoms with E-state index in [9.17, 15) is 4.79 Å². The highest BCUT2D eigenvalue weighted by Gasteiger charge is 2.61. The molecule has 0 aromatic heterocycles. The lowest BCUT2D eigenvalue weighted by molar-refractivity contribution is -0.307. The van der Waals surface area contributed by atoms with Crippen molar-refractivity contribution in [1.82, 2.24) is 0 Å². The highest BCUT2D eigenvalue weighted by Crippen LogP contribution is 2.38. The Hall–Kier alpha value is -3.99. The first-order valence-corrected chi connectivity index (χ1v) is 15.7. The minimum absolute atomic E-state index is 0.0317. The van der Waals surface area contributed by atoms with Gasteiger partial charge in [-0.1, -0.05) is 121 Å². The number of hydrogen-bond donors (Lipinski definition) is 0. The van der Waals surface area contributed by atoms with Gasteiger partial charge in [0.1, 0.15) is 24.4 Å². The van der Waals surface area contributed by atoms with Crippen molar-refractivity contribution in [3.8, 4) is 0 Å². The molecule has 1 heterocycles. The average Bonchev–Trinajstić information content (AvgIpc) is 3.11. The van der Waals surface area contributed by atoms with Crippen LogP contribution in [0.15, 0.2) is 121 Å². The van der Waals surface area contributed by atoms with Gasteiger partial charge in [-0.2, -0.15) is 8.78 Å². The van der Waals surface area contributed by atoms with Crippen LogP contribution in [-0.4, -0.2) is 55.6 Å². The quantitative estimate of drug-likeness (QED) is 0.122. The van der Waals surface area contributed by atoms with Crippen LogP contribution in [0.4, 0.5) is 8.78 Å². The van der Waals surface area contributed by atoms with Gasteiger partial charge in [0, 0.05) is 0 Å². The van der Waals surface area contributed by atoms with Crippen molar-refractivity contribution in [2.45, 2.75) is 69.8 Å². The van der Waals surface area contributed by atoms with Crippen molar-refractivity contribution >= 4 is 5.97 Å². The summed E-state index contributed by atoms with van der Waals surface area (Å²) in [6.07, 6.45) is -6.54. The number of halogens is 2. The molecule has 0 bridgehead atoms. The molecule has 0 aliphatic carbocycles. The van der Waals surface area contributed by atoms with E-state index < -0.39 is 42.4 Å². The molecular formula is C38H40F2O7. The van der Waals surface area contributed by atoms with Gasteiger partial charge in [0.05, 0.1) is 39.6 Å². The second-order valence-electron chi connectivity index (χ2n) is 11.2. The third-order valence-corrected chi connectivity index (χ3v) is 7.79. The maximum atomic E-state index is 16.1. The predicted octanol–water partition coefficient (Wildman–Crippen LogP) is 6.93. The highest BCUT2D eigenvalue weighted by molar-refractivity contribution is 5.78. The maximum Gasteiger partial charge on any atom is 0.379 e. The van der Waals surface area contributed by atoms with Gasteiger partial charge in [-0.05, 0) is 29.2 Å². The number of hydrogen-bond acceptors (Lipinski definition) is 7. The summed E-state index contributed by atoms with van der Waals surface area (Å²) >= 11 is 0. The van der Waals surface area contributed by atoms with Gasteiger partial charge in [-0.25, -0.2) is 4.79 Å². The van der Waals surface area contributed by atoms with E-state index in [1.54, 1.807) is 0 Å². The molecule has 0 unspecified atom stereocenters. The number of ether oxygens (including phenoxy) is 6. The van der Waals surface area contributed by atoms with Gasteiger partial charge in [-0.15, -0.1) is 0 Å². The summed E-state index contributed by atoms with van der Waals surface area (Å²) in [7, 11) is 0. The molecule has 0 radical (unpaired) electrons. The van der Waals surface area contributed by atoms with Gasteiger partial charge < -0.3 is 28.4 Å². The topological polar surface area (TPSA) is 72.5 Å². The zero-order chi connectivity index (χ0) is 32.9. The zero-order valence-electron chi connectivity index (χ0n) is 26.3. The standard InChI is InChI=1S/C38H40F2O7/c1-2-43-37(41)38(39,40)36-35(46-26-31-21-13-6-14-22-31)34(45-25-30-19-11-5-12-20-30)33(44-24-29-17-9-4-10-18-29)32(47-36)27-42-23-28-15-7-3-8-16-28/h3-22,32-36H,2,23-27H2,1H3/t32-,33-,34+,35-,36-/m1/s1. The van der Waals surface area contributed by atoms with Gasteiger partial charge >= 0.3 is 11.9 Å². The maximum absolute atomic E-state index is 16.1. The van der Waals surface area contributed by atoms with Crippen LogP contribution in [0.2, 0.25) is 0 Å². The van der Waals surface area contributed by atoms with Gasteiger partial charge in [0.25, 0.3) is 0 Å². The Balaban J connectivity index is 1.50. The highest BCUT2D eigenvalue weighted by atomic mass is 19.3. The molecule has 1 saturated heterocycles. The Morgan fingerprint density at radius 3 is 1.47 bits per heavy atom. The molecule has 0 spiro atoms. The Bertz CT molecular complexity index is 1480. The normalized spacial score (nSPS) is 21.3. The van der Waals surface area contributed by atoms with E-state index in [2.05, 4.69) is 0 Å². The lowest BCUT2D eigenvalue weighted by atomic mass is 9.90. The molecule has 0 saturated carbocycles. The molecule has 5 atom stereocenters. The van der Waals surface area contributed by atoms with E-state index in [1.807, 2.05) is 121 Å². The molecule has 47 heavy (non-hydrogen) atoms. The zero-order valence-corrected chi connectivity index (χ0v) is 26.3. The minimum Gasteiger partial charge on any atom is -0.461 e. The van der Waals surface area contributed by atoms with Crippen molar-refractivity contribution < 1.29 is 42.0 Å². The lowest BCUT2D eigenvalue weighted by Crippen LogP contribution is -2.66. The fraction of sp³-hybridized carbons (Fsp3) is 0.342. The SMILES string of the molecule is CCOC(=O)C(F)(F)[C@@H]1O[C@H](COCc2ccccc2)[C@@H](OCc2ccccc2)[C@H](OCc2ccccc2)[C@H]1OCc1ccccc1. The van der Waals surface area contributed by atoms with Crippen LogP contribution < -0.4 is 0 Å². The van der Waals surface area contributed by atoms with Crippen molar-refractivity contribution in [3.05, 3.63) is 144 Å². The van der Waals surface area contributed by atoms with E-state index in [0.29, 0.717) is 0 Å². The van der Waals surface area contributed by atoms with E-state index in [0.717, 1.165) is 22.3 Å². The molecule has 4 aromatic rings. The summed E-state index contributed by atoms with van der Waals surface area (Å²) in [6, 6.07) is 37.5. The summed E-state index contributed by atoms with van der Waals surface area (Å²) in [6.45, 7) is 1.55. The van der Waals surface area contributed by atoms with Crippen LogP contribution in [-0.2, 0) is 59.6 Å². The summed E-state index contributed by atoms with van der Waals surface area (Å²) in [5.41, 5.74) is 3.36. The summed E-state index contributed by atoms with van der Waals surface area (Å²) in [4.78, 5) is 12.8. The first-order chi connectivity index (χ1) is 23.0. The molecule has 0 amide bonds. The number of alkyl halides is 2. The van der Waals surface area contributed by atoms with Crippen LogP contribution in [0, 0.1) is 0 Å². The van der Waals surface area contributed by atoms with E-state index in [1.165, 1.54) is 6.92 Å². The van der Waals surface area contributed by atoms with Crippen molar-refractivity contribution in [3.63, 3.8) is 0 Å². The monoisotopic (exact) mass is 646 g/mol. The second-order valence-corrected chi connectivity index (χ2v) is 11.2. The molecule has 0 N–H and O–H groups in total. The lowest BCUT2D eigenvalue weighted by Gasteiger charge is -2.47. The molecule has 4 aromatic carbocycles. The predicted molar refractivity (Wildman–Crippen MR) is 171 cm³/mol. The molecular weight excluding hydrogens is 606 g/mol. The first kappa shape index (κ1) is 34.3.